The van der Waals surface area contributed by atoms with E-state index in [4.69, 9.17) is 21.8 Å². The smallest absolute Gasteiger partial charge is 0.246 e. The lowest BCUT2D eigenvalue weighted by molar-refractivity contribution is 0.616. The Kier molecular flexibility index (Phi) is 2.45. The number of anilines is 1. The van der Waals surface area contributed by atoms with Crippen molar-refractivity contribution in [3.63, 3.8) is 0 Å². The number of hydrogen-bond donors (Lipinski definition) is 1. The predicted octanol–water partition coefficient (Wildman–Crippen LogP) is 3.43. The minimum absolute atomic E-state index is 0.468. The topological polar surface area (TPSA) is 64.9 Å². The number of fused-ring (bicyclic) bond motifs is 1. The number of aromatic nitrogens is 2. The third kappa shape index (κ3) is 1.80. The molecule has 0 unspecified atom stereocenters. The molecular formula is C13H10ClN3O. The number of nitrogens with zero attached hydrogens (tertiary/aromatic N) is 2. The Morgan fingerprint density at radius 2 is 2.06 bits per heavy atom. The highest BCUT2D eigenvalue weighted by molar-refractivity contribution is 6.33. The quantitative estimate of drug-likeness (QED) is 0.680. The van der Waals surface area contributed by atoms with Crippen molar-refractivity contribution in [2.24, 2.45) is 0 Å². The summed E-state index contributed by atoms with van der Waals surface area (Å²) in [6.45, 7) is 1.92. The maximum Gasteiger partial charge on any atom is 0.246 e. The van der Waals surface area contributed by atoms with Gasteiger partial charge in [0.2, 0.25) is 5.89 Å². The highest BCUT2D eigenvalue weighted by Gasteiger charge is 2.11. The molecule has 0 saturated heterocycles. The Balaban J connectivity index is 2.19. The van der Waals surface area contributed by atoms with E-state index < -0.39 is 0 Å². The van der Waals surface area contributed by atoms with Gasteiger partial charge in [0, 0.05) is 11.8 Å². The summed E-state index contributed by atoms with van der Waals surface area (Å²) < 4.78 is 5.63. The second-order valence-electron chi connectivity index (χ2n) is 4.02. The van der Waals surface area contributed by atoms with Gasteiger partial charge in [0.25, 0.3) is 0 Å². The first-order valence-electron chi connectivity index (χ1n) is 5.43. The van der Waals surface area contributed by atoms with Gasteiger partial charge in [-0.15, -0.1) is 0 Å². The van der Waals surface area contributed by atoms with Crippen LogP contribution in [0.1, 0.15) is 5.69 Å². The van der Waals surface area contributed by atoms with E-state index in [0.29, 0.717) is 33.4 Å². The van der Waals surface area contributed by atoms with Crippen LogP contribution in [0, 0.1) is 6.92 Å². The Hall–Kier alpha value is -2.07. The second kappa shape index (κ2) is 3.99. The lowest BCUT2D eigenvalue weighted by Gasteiger charge is -1.95. The fraction of sp³-hybridized carbons (Fsp3) is 0.0769. The van der Waals surface area contributed by atoms with Gasteiger partial charge in [-0.1, -0.05) is 17.7 Å². The van der Waals surface area contributed by atoms with Crippen LogP contribution in [0.3, 0.4) is 0 Å². The van der Waals surface area contributed by atoms with Crippen molar-refractivity contribution in [2.75, 3.05) is 5.73 Å². The number of hydrogen-bond acceptors (Lipinski definition) is 4. The summed E-state index contributed by atoms with van der Waals surface area (Å²) in [7, 11) is 0. The molecule has 0 aliphatic heterocycles. The van der Waals surface area contributed by atoms with Gasteiger partial charge in [0.05, 0.1) is 10.7 Å². The molecule has 0 radical (unpaired) electrons. The molecule has 90 valence electrons. The molecule has 4 nitrogen and oxygen atoms in total. The fourth-order valence-corrected chi connectivity index (χ4v) is 1.89. The van der Waals surface area contributed by atoms with Crippen molar-refractivity contribution in [3.05, 3.63) is 41.0 Å². The highest BCUT2D eigenvalue weighted by atomic mass is 35.5. The highest BCUT2D eigenvalue weighted by Crippen LogP contribution is 2.29. The first-order chi connectivity index (χ1) is 8.63. The predicted molar refractivity (Wildman–Crippen MR) is 71.4 cm³/mol. The SMILES string of the molecule is Cc1cccc(-c2nc3cc(Cl)c(N)cc3o2)n1. The molecule has 0 aliphatic rings. The molecule has 0 bridgehead atoms. The van der Waals surface area contributed by atoms with E-state index in [0.717, 1.165) is 5.69 Å². The average molecular weight is 260 g/mol. The van der Waals surface area contributed by atoms with Gasteiger partial charge in [-0.2, -0.15) is 0 Å². The van der Waals surface area contributed by atoms with Crippen LogP contribution in [0.15, 0.2) is 34.7 Å². The molecule has 0 aliphatic carbocycles. The molecule has 5 heteroatoms. The third-order valence-electron chi connectivity index (χ3n) is 2.61. The van der Waals surface area contributed by atoms with Crippen molar-refractivity contribution in [1.82, 2.24) is 9.97 Å². The van der Waals surface area contributed by atoms with Crippen molar-refractivity contribution < 1.29 is 4.42 Å². The Morgan fingerprint density at radius 3 is 2.83 bits per heavy atom. The lowest BCUT2D eigenvalue weighted by atomic mass is 10.3. The van der Waals surface area contributed by atoms with E-state index in [-0.39, 0.29) is 0 Å². The normalized spacial score (nSPS) is 11.0. The van der Waals surface area contributed by atoms with Gasteiger partial charge >= 0.3 is 0 Å². The van der Waals surface area contributed by atoms with E-state index in [9.17, 15) is 0 Å². The van der Waals surface area contributed by atoms with Crippen LogP contribution < -0.4 is 5.73 Å². The zero-order valence-corrected chi connectivity index (χ0v) is 10.4. The summed E-state index contributed by atoms with van der Waals surface area (Å²) in [6, 6.07) is 9.04. The van der Waals surface area contributed by atoms with Crippen LogP contribution in [0.4, 0.5) is 5.69 Å². The zero-order valence-electron chi connectivity index (χ0n) is 9.64. The summed E-state index contributed by atoms with van der Waals surface area (Å²) in [5, 5.41) is 0.472. The van der Waals surface area contributed by atoms with Gasteiger partial charge in [0.1, 0.15) is 11.2 Å². The van der Waals surface area contributed by atoms with Crippen molar-refractivity contribution in [3.8, 4) is 11.6 Å². The largest absolute Gasteiger partial charge is 0.435 e. The van der Waals surface area contributed by atoms with Gasteiger partial charge in [-0.25, -0.2) is 9.97 Å². The number of oxazole rings is 1. The molecule has 2 N–H and O–H groups in total. The number of nitrogens with two attached hydrogens (primary N) is 1. The van der Waals surface area contributed by atoms with E-state index in [1.54, 1.807) is 12.1 Å². The Labute approximate surface area is 108 Å². The summed E-state index contributed by atoms with van der Waals surface area (Å²) in [5.74, 6) is 0.468. The van der Waals surface area contributed by atoms with Gasteiger partial charge < -0.3 is 10.2 Å². The van der Waals surface area contributed by atoms with E-state index in [2.05, 4.69) is 9.97 Å². The first kappa shape index (κ1) is 11.0. The molecule has 0 fully saturated rings. The van der Waals surface area contributed by atoms with Gasteiger partial charge in [-0.05, 0) is 25.1 Å². The average Bonchev–Trinajstić information content (AvgIpc) is 2.73. The van der Waals surface area contributed by atoms with Crippen LogP contribution in [-0.4, -0.2) is 9.97 Å². The molecule has 18 heavy (non-hydrogen) atoms. The number of rotatable bonds is 1. The monoisotopic (exact) mass is 259 g/mol. The molecule has 2 heterocycles. The maximum atomic E-state index is 5.95. The summed E-state index contributed by atoms with van der Waals surface area (Å²) in [5.41, 5.74) is 9.08. The van der Waals surface area contributed by atoms with E-state index >= 15 is 0 Å². The number of nitrogen functional groups attached to an aromatic ring is 1. The second-order valence-corrected chi connectivity index (χ2v) is 4.43. The van der Waals surface area contributed by atoms with Crippen molar-refractivity contribution >= 4 is 28.4 Å². The van der Waals surface area contributed by atoms with Crippen LogP contribution in [0.2, 0.25) is 5.02 Å². The summed E-state index contributed by atoms with van der Waals surface area (Å²) >= 11 is 5.95. The summed E-state index contributed by atoms with van der Waals surface area (Å²) in [6.07, 6.45) is 0. The molecule has 1 aromatic carbocycles. The fourth-order valence-electron chi connectivity index (χ4n) is 1.74. The number of aryl methyl sites for hydroxylation is 1. The van der Waals surface area contributed by atoms with Gasteiger partial charge in [-0.3, -0.25) is 0 Å². The maximum absolute atomic E-state index is 5.95. The van der Waals surface area contributed by atoms with Crippen molar-refractivity contribution in [2.45, 2.75) is 6.92 Å². The Bertz CT molecular complexity index is 697. The lowest BCUT2D eigenvalue weighted by Crippen LogP contribution is -1.85. The van der Waals surface area contributed by atoms with Crippen LogP contribution in [-0.2, 0) is 0 Å². The molecular weight excluding hydrogens is 250 g/mol. The van der Waals surface area contributed by atoms with Gasteiger partial charge in [0.15, 0.2) is 5.58 Å². The van der Waals surface area contributed by atoms with Crippen LogP contribution in [0.25, 0.3) is 22.7 Å². The summed E-state index contributed by atoms with van der Waals surface area (Å²) in [4.78, 5) is 8.72. The Morgan fingerprint density at radius 1 is 1.22 bits per heavy atom. The van der Waals surface area contributed by atoms with E-state index in [1.165, 1.54) is 0 Å². The molecule has 3 aromatic rings. The number of benzene rings is 1. The molecule has 3 rings (SSSR count). The van der Waals surface area contributed by atoms with Crippen LogP contribution in [0.5, 0.6) is 0 Å². The number of halogens is 1. The number of pyridine rings is 1. The minimum Gasteiger partial charge on any atom is -0.435 e. The van der Waals surface area contributed by atoms with Crippen LogP contribution >= 0.6 is 11.6 Å². The third-order valence-corrected chi connectivity index (χ3v) is 2.94. The first-order valence-corrected chi connectivity index (χ1v) is 5.81. The molecule has 0 spiro atoms. The standard InChI is InChI=1S/C13H10ClN3O/c1-7-3-2-4-10(16-7)13-17-11-5-8(14)9(15)6-12(11)18-13/h2-6H,15H2,1H3. The molecule has 0 amide bonds. The molecule has 2 aromatic heterocycles. The minimum atomic E-state index is 0.468. The molecule has 0 atom stereocenters. The molecule has 0 saturated carbocycles. The van der Waals surface area contributed by atoms with Crippen molar-refractivity contribution in [1.29, 1.82) is 0 Å². The van der Waals surface area contributed by atoms with E-state index in [1.807, 2.05) is 25.1 Å². The zero-order chi connectivity index (χ0) is 12.7.